The van der Waals surface area contributed by atoms with Gasteiger partial charge in [-0.1, -0.05) is 12.2 Å². The Labute approximate surface area is 174 Å². The Morgan fingerprint density at radius 1 is 0.862 bits per heavy atom. The molecule has 4 bridgehead atoms. The first kappa shape index (κ1) is 21.9. The highest BCUT2D eigenvalue weighted by atomic mass is 16.6. The summed E-state index contributed by atoms with van der Waals surface area (Å²) in [7, 11) is 0. The standard InChI is InChI=1S/C11H19NO3.C11H17NO2/c1-11(2,3)15-10(14)12-6-7-4-8(12)5-9(7)13;1-11(2,3)14-10(13)12-7-8-4-5-9(12)6-8/h7-9,13H,4-6H2,1-3H3;4-5,8-9H,6-7H2,1-3H3/t7-,8-,9+;8-,9+/m11/s1. The summed E-state index contributed by atoms with van der Waals surface area (Å²) in [6, 6.07) is 0.481. The lowest BCUT2D eigenvalue weighted by Gasteiger charge is -2.31. The van der Waals surface area contributed by atoms with Crippen LogP contribution >= 0.6 is 0 Å². The minimum Gasteiger partial charge on any atom is -0.444 e. The molecular weight excluding hydrogens is 372 g/mol. The summed E-state index contributed by atoms with van der Waals surface area (Å²) in [5, 5.41) is 9.57. The van der Waals surface area contributed by atoms with Gasteiger partial charge in [-0.3, -0.25) is 0 Å². The van der Waals surface area contributed by atoms with Crippen molar-refractivity contribution in [3.05, 3.63) is 12.2 Å². The highest BCUT2D eigenvalue weighted by Gasteiger charge is 2.47. The number of ether oxygens (including phenoxy) is 2. The summed E-state index contributed by atoms with van der Waals surface area (Å²) in [6.45, 7) is 12.8. The van der Waals surface area contributed by atoms with Crippen LogP contribution in [0, 0.1) is 11.8 Å². The zero-order chi connectivity index (χ0) is 21.6. The van der Waals surface area contributed by atoms with Crippen LogP contribution in [0.3, 0.4) is 0 Å². The molecule has 5 atom stereocenters. The van der Waals surface area contributed by atoms with Gasteiger partial charge in [-0.25, -0.2) is 9.59 Å². The van der Waals surface area contributed by atoms with Gasteiger partial charge in [0.15, 0.2) is 0 Å². The first-order chi connectivity index (χ1) is 13.3. The maximum atomic E-state index is 11.8. The van der Waals surface area contributed by atoms with Crippen LogP contribution in [0.15, 0.2) is 12.2 Å². The third-order valence-corrected chi connectivity index (χ3v) is 5.74. The Bertz CT molecular complexity index is 661. The number of amides is 2. The quantitative estimate of drug-likeness (QED) is 0.620. The molecule has 7 nitrogen and oxygen atoms in total. The Balaban J connectivity index is 0.000000166. The van der Waals surface area contributed by atoms with Crippen molar-refractivity contribution in [3.63, 3.8) is 0 Å². The van der Waals surface area contributed by atoms with Gasteiger partial charge in [-0.05, 0) is 66.7 Å². The number of aliphatic hydroxyl groups is 1. The molecule has 2 saturated heterocycles. The third-order valence-electron chi connectivity index (χ3n) is 5.74. The molecule has 7 heteroatoms. The summed E-state index contributed by atoms with van der Waals surface area (Å²) < 4.78 is 10.6. The number of nitrogens with zero attached hydrogens (tertiary/aromatic N) is 2. The molecular formula is C22H36N2O5. The number of carbonyl (C=O) groups excluding carboxylic acids is 2. The summed E-state index contributed by atoms with van der Waals surface area (Å²) in [4.78, 5) is 27.1. The molecule has 0 aromatic heterocycles. The monoisotopic (exact) mass is 408 g/mol. The van der Waals surface area contributed by atoms with Crippen LogP contribution in [0.4, 0.5) is 9.59 Å². The predicted molar refractivity (Wildman–Crippen MR) is 109 cm³/mol. The van der Waals surface area contributed by atoms with E-state index in [2.05, 4.69) is 12.2 Å². The molecule has 0 radical (unpaired) electrons. The van der Waals surface area contributed by atoms with Gasteiger partial charge >= 0.3 is 12.2 Å². The van der Waals surface area contributed by atoms with E-state index in [0.717, 1.165) is 19.4 Å². The van der Waals surface area contributed by atoms with Crippen molar-refractivity contribution in [1.82, 2.24) is 9.80 Å². The molecule has 0 aromatic carbocycles. The number of fused-ring (bicyclic) bond motifs is 4. The first-order valence-electron chi connectivity index (χ1n) is 10.7. The highest BCUT2D eigenvalue weighted by Crippen LogP contribution is 2.38. The minimum absolute atomic E-state index is 0.172. The van der Waals surface area contributed by atoms with E-state index in [9.17, 15) is 14.7 Å². The number of aliphatic hydroxyl groups excluding tert-OH is 1. The molecule has 1 N–H and O–H groups in total. The molecule has 3 fully saturated rings. The Kier molecular flexibility index (Phi) is 5.91. The van der Waals surface area contributed by atoms with E-state index in [0.29, 0.717) is 18.9 Å². The normalized spacial score (nSPS) is 32.3. The second-order valence-corrected chi connectivity index (χ2v) is 10.7. The van der Waals surface area contributed by atoms with E-state index in [1.807, 2.05) is 46.4 Å². The van der Waals surface area contributed by atoms with Gasteiger partial charge < -0.3 is 24.4 Å². The largest absolute Gasteiger partial charge is 0.444 e. The number of rotatable bonds is 0. The van der Waals surface area contributed by atoms with Gasteiger partial charge in [0.25, 0.3) is 0 Å². The number of carbonyl (C=O) groups is 2. The van der Waals surface area contributed by atoms with Crippen molar-refractivity contribution < 1.29 is 24.2 Å². The Morgan fingerprint density at radius 3 is 1.83 bits per heavy atom. The molecule has 2 amide bonds. The average molecular weight is 409 g/mol. The zero-order valence-corrected chi connectivity index (χ0v) is 18.6. The van der Waals surface area contributed by atoms with Crippen molar-refractivity contribution in [2.75, 3.05) is 13.1 Å². The SMILES string of the molecule is CC(C)(C)OC(=O)N1C[C@@H]2C=C[C@H]1C2.CC(C)(C)OC(=O)N1C[C@H]2C[C@@H]1C[C@@H]2O. The van der Waals surface area contributed by atoms with E-state index in [1.54, 1.807) is 4.90 Å². The van der Waals surface area contributed by atoms with Crippen LogP contribution in [0.25, 0.3) is 0 Å². The molecule has 0 spiro atoms. The molecule has 1 saturated carbocycles. The third kappa shape index (κ3) is 5.44. The van der Waals surface area contributed by atoms with Crippen molar-refractivity contribution in [1.29, 1.82) is 0 Å². The van der Waals surface area contributed by atoms with Gasteiger partial charge in [-0.15, -0.1) is 0 Å². The number of likely N-dealkylation sites (tertiary alicyclic amines) is 2. The molecule has 29 heavy (non-hydrogen) atoms. The molecule has 4 rings (SSSR count). The van der Waals surface area contributed by atoms with Gasteiger partial charge in [0.2, 0.25) is 0 Å². The van der Waals surface area contributed by atoms with Crippen LogP contribution in [0.1, 0.15) is 60.8 Å². The second-order valence-electron chi connectivity index (χ2n) is 10.7. The van der Waals surface area contributed by atoms with E-state index in [1.165, 1.54) is 0 Å². The Hall–Kier alpha value is -1.76. The van der Waals surface area contributed by atoms with Crippen molar-refractivity contribution in [2.45, 2.75) is 90.2 Å². The first-order valence-corrected chi connectivity index (χ1v) is 10.7. The van der Waals surface area contributed by atoms with Crippen LogP contribution in [0.5, 0.6) is 0 Å². The Morgan fingerprint density at radius 2 is 1.45 bits per heavy atom. The van der Waals surface area contributed by atoms with E-state index in [-0.39, 0.29) is 41.9 Å². The zero-order valence-electron chi connectivity index (χ0n) is 18.6. The lowest BCUT2D eigenvalue weighted by molar-refractivity contribution is 0.00779. The highest BCUT2D eigenvalue weighted by molar-refractivity contribution is 5.70. The minimum atomic E-state index is -0.433. The van der Waals surface area contributed by atoms with Gasteiger partial charge in [0.1, 0.15) is 11.2 Å². The molecule has 4 aliphatic rings. The molecule has 0 aromatic rings. The molecule has 0 unspecified atom stereocenters. The lowest BCUT2D eigenvalue weighted by Crippen LogP contribution is -2.44. The van der Waals surface area contributed by atoms with Crippen LogP contribution in [-0.2, 0) is 9.47 Å². The number of hydrogen-bond acceptors (Lipinski definition) is 5. The fraction of sp³-hybridized carbons (Fsp3) is 0.818. The summed E-state index contributed by atoms with van der Waals surface area (Å²) >= 11 is 0. The number of piperidine rings is 1. The summed E-state index contributed by atoms with van der Waals surface area (Å²) in [5.41, 5.74) is -0.819. The van der Waals surface area contributed by atoms with Gasteiger partial charge in [-0.2, -0.15) is 0 Å². The van der Waals surface area contributed by atoms with E-state index in [4.69, 9.17) is 9.47 Å². The fourth-order valence-corrected chi connectivity index (χ4v) is 4.51. The van der Waals surface area contributed by atoms with Crippen molar-refractivity contribution in [2.24, 2.45) is 11.8 Å². The van der Waals surface area contributed by atoms with E-state index >= 15 is 0 Å². The average Bonchev–Trinajstić information content (AvgIpc) is 3.32. The predicted octanol–water partition coefficient (Wildman–Crippen LogP) is 3.56. The topological polar surface area (TPSA) is 79.3 Å². The maximum Gasteiger partial charge on any atom is 0.410 e. The maximum absolute atomic E-state index is 11.8. The number of hydrogen-bond donors (Lipinski definition) is 1. The van der Waals surface area contributed by atoms with Crippen LogP contribution in [-0.4, -0.2) is 69.6 Å². The molecule has 2 heterocycles. The molecule has 2 aliphatic carbocycles. The van der Waals surface area contributed by atoms with E-state index < -0.39 is 5.60 Å². The van der Waals surface area contributed by atoms with Crippen LogP contribution < -0.4 is 0 Å². The van der Waals surface area contributed by atoms with Crippen LogP contribution in [0.2, 0.25) is 0 Å². The van der Waals surface area contributed by atoms with Crippen molar-refractivity contribution in [3.8, 4) is 0 Å². The molecule has 2 aliphatic heterocycles. The molecule has 164 valence electrons. The fourth-order valence-electron chi connectivity index (χ4n) is 4.51. The summed E-state index contributed by atoms with van der Waals surface area (Å²) in [6.07, 6.45) is 6.41. The lowest BCUT2D eigenvalue weighted by atomic mass is 10.1. The van der Waals surface area contributed by atoms with Gasteiger partial charge in [0, 0.05) is 25.0 Å². The van der Waals surface area contributed by atoms with Crippen molar-refractivity contribution >= 4 is 12.2 Å². The van der Waals surface area contributed by atoms with Gasteiger partial charge in [0.05, 0.1) is 12.1 Å². The second kappa shape index (κ2) is 7.82. The smallest absolute Gasteiger partial charge is 0.410 e. The summed E-state index contributed by atoms with van der Waals surface area (Å²) in [5.74, 6) is 0.829.